The van der Waals surface area contributed by atoms with Crippen LogP contribution >= 0.6 is 22.7 Å². The van der Waals surface area contributed by atoms with E-state index in [0.717, 1.165) is 42.8 Å². The molecule has 1 N–H and O–H groups in total. The molecular weight excluding hydrogens is 414 g/mol. The van der Waals surface area contributed by atoms with Gasteiger partial charge in [-0.2, -0.15) is 0 Å². The second-order valence-electron chi connectivity index (χ2n) is 8.20. The number of hydrogen-bond donors (Lipinski definition) is 1. The summed E-state index contributed by atoms with van der Waals surface area (Å²) >= 11 is 3.33. The summed E-state index contributed by atoms with van der Waals surface area (Å²) in [6.45, 7) is 14.6. The zero-order valence-corrected chi connectivity index (χ0v) is 19.1. The van der Waals surface area contributed by atoms with Crippen molar-refractivity contribution in [3.8, 4) is 10.6 Å². The zero-order valence-electron chi connectivity index (χ0n) is 17.4. The highest BCUT2D eigenvalue weighted by molar-refractivity contribution is 7.22. The first kappa shape index (κ1) is 20.6. The summed E-state index contributed by atoms with van der Waals surface area (Å²) in [6, 6.07) is 8.17. The van der Waals surface area contributed by atoms with E-state index >= 15 is 0 Å². The van der Waals surface area contributed by atoms with Crippen molar-refractivity contribution in [3.63, 3.8) is 0 Å². The Hall–Kier alpha value is -2.64. The van der Waals surface area contributed by atoms with Crippen molar-refractivity contribution in [2.24, 2.45) is 0 Å². The summed E-state index contributed by atoms with van der Waals surface area (Å²) in [5.41, 5.74) is 3.59. The van der Waals surface area contributed by atoms with Gasteiger partial charge in [0.15, 0.2) is 0 Å². The highest BCUT2D eigenvalue weighted by atomic mass is 32.1. The molecule has 156 valence electrons. The fourth-order valence-corrected chi connectivity index (χ4v) is 5.78. The average molecular weight is 440 g/mol. The number of para-hydroxylation sites is 1. The zero-order chi connectivity index (χ0) is 21.5. The molecule has 0 atom stereocenters. The molecule has 1 amide bonds. The van der Waals surface area contributed by atoms with Crippen molar-refractivity contribution in [3.05, 3.63) is 59.6 Å². The molecule has 0 saturated carbocycles. The topological polar surface area (TPSA) is 54.5 Å². The van der Waals surface area contributed by atoms with Crippen molar-refractivity contribution in [1.82, 2.24) is 9.88 Å². The number of rotatable bonds is 4. The van der Waals surface area contributed by atoms with Crippen molar-refractivity contribution in [1.29, 1.82) is 0 Å². The largest absolute Gasteiger partial charge is 0.444 e. The van der Waals surface area contributed by atoms with E-state index in [2.05, 4.69) is 24.5 Å². The van der Waals surface area contributed by atoms with E-state index in [1.807, 2.05) is 39.0 Å². The first-order valence-corrected chi connectivity index (χ1v) is 11.5. The van der Waals surface area contributed by atoms with Crippen molar-refractivity contribution in [2.75, 3.05) is 11.9 Å². The lowest BCUT2D eigenvalue weighted by Crippen LogP contribution is -2.39. The van der Waals surface area contributed by atoms with Crippen LogP contribution in [-0.4, -0.2) is 28.1 Å². The van der Waals surface area contributed by atoms with Crippen LogP contribution in [0.1, 0.15) is 31.2 Å². The van der Waals surface area contributed by atoms with E-state index in [1.165, 1.54) is 5.56 Å². The molecular formula is C23H25N3O2S2. The number of nitrogens with zero attached hydrogens (tertiary/aromatic N) is 2. The van der Waals surface area contributed by atoms with Gasteiger partial charge in [0, 0.05) is 22.7 Å². The van der Waals surface area contributed by atoms with Gasteiger partial charge in [-0.3, -0.25) is 0 Å². The standard InChI is InChI=1S/C23H25N3O2S2/c1-6-14(2)24-20-19(21-25-16-9-7-8-10-17(16)29-21)15-11-12-26(13-18(15)30-20)22(27)28-23(3,4)5/h6-10,24H,1-2,11-13H2,3-5H3. The van der Waals surface area contributed by atoms with Gasteiger partial charge in [0.2, 0.25) is 0 Å². The predicted octanol–water partition coefficient (Wildman–Crippen LogP) is 6.43. The molecule has 0 aliphatic carbocycles. The Kier molecular flexibility index (Phi) is 5.42. The Morgan fingerprint density at radius 1 is 1.30 bits per heavy atom. The maximum absolute atomic E-state index is 12.6. The van der Waals surface area contributed by atoms with Crippen molar-refractivity contribution in [2.45, 2.75) is 39.3 Å². The number of hydrogen-bond acceptors (Lipinski definition) is 6. The maximum Gasteiger partial charge on any atom is 0.410 e. The molecule has 3 heterocycles. The molecule has 7 heteroatoms. The third-order valence-corrected chi connectivity index (χ3v) is 6.92. The lowest BCUT2D eigenvalue weighted by molar-refractivity contribution is 0.0227. The van der Waals surface area contributed by atoms with Crippen LogP contribution in [0.5, 0.6) is 0 Å². The summed E-state index contributed by atoms with van der Waals surface area (Å²) < 4.78 is 6.73. The number of benzene rings is 1. The van der Waals surface area contributed by atoms with Gasteiger partial charge in [-0.05, 0) is 51.0 Å². The molecule has 0 bridgehead atoms. The van der Waals surface area contributed by atoms with E-state index < -0.39 is 5.60 Å². The highest BCUT2D eigenvalue weighted by Gasteiger charge is 2.31. The number of anilines is 1. The van der Waals surface area contributed by atoms with Crippen molar-refractivity contribution >= 4 is 44.0 Å². The summed E-state index contributed by atoms with van der Waals surface area (Å²) in [6.07, 6.45) is 2.19. The number of carbonyl (C=O) groups excluding carboxylic acids is 1. The molecule has 3 aromatic rings. The molecule has 0 fully saturated rings. The Bertz CT molecular complexity index is 1100. The minimum absolute atomic E-state index is 0.270. The molecule has 0 saturated heterocycles. The van der Waals surface area contributed by atoms with Gasteiger partial charge in [0.1, 0.15) is 15.6 Å². The van der Waals surface area contributed by atoms with Gasteiger partial charge < -0.3 is 15.0 Å². The van der Waals surface area contributed by atoms with Gasteiger partial charge in [0.05, 0.1) is 16.8 Å². The van der Waals surface area contributed by atoms with E-state index in [1.54, 1.807) is 33.6 Å². The summed E-state index contributed by atoms with van der Waals surface area (Å²) in [5.74, 6) is 0. The second-order valence-corrected chi connectivity index (χ2v) is 10.3. The number of carbonyl (C=O) groups is 1. The number of amides is 1. The average Bonchev–Trinajstić information content (AvgIpc) is 3.26. The summed E-state index contributed by atoms with van der Waals surface area (Å²) in [4.78, 5) is 20.4. The Labute approximate surface area is 184 Å². The number of allylic oxidation sites excluding steroid dienone is 1. The van der Waals surface area contributed by atoms with Crippen LogP contribution in [-0.2, 0) is 17.7 Å². The van der Waals surface area contributed by atoms with Crippen LogP contribution in [0.15, 0.2) is 49.2 Å². The minimum atomic E-state index is -0.507. The third-order valence-electron chi connectivity index (χ3n) is 4.74. The van der Waals surface area contributed by atoms with Gasteiger partial charge in [0.25, 0.3) is 0 Å². The molecule has 0 spiro atoms. The molecule has 5 nitrogen and oxygen atoms in total. The van der Waals surface area contributed by atoms with Gasteiger partial charge in [-0.1, -0.05) is 25.3 Å². The molecule has 0 radical (unpaired) electrons. The third kappa shape index (κ3) is 4.13. The quantitative estimate of drug-likeness (QED) is 0.476. The summed E-state index contributed by atoms with van der Waals surface area (Å²) in [7, 11) is 0. The lowest BCUT2D eigenvalue weighted by Gasteiger charge is -2.30. The number of aromatic nitrogens is 1. The summed E-state index contributed by atoms with van der Waals surface area (Å²) in [5, 5.41) is 5.36. The van der Waals surface area contributed by atoms with Crippen LogP contribution in [0.2, 0.25) is 0 Å². The first-order chi connectivity index (χ1) is 14.2. The first-order valence-electron chi connectivity index (χ1n) is 9.82. The molecule has 4 rings (SSSR count). The number of thiazole rings is 1. The monoisotopic (exact) mass is 439 g/mol. The minimum Gasteiger partial charge on any atom is -0.444 e. The van der Waals surface area contributed by atoms with Gasteiger partial charge in [-0.25, -0.2) is 9.78 Å². The van der Waals surface area contributed by atoms with E-state index in [9.17, 15) is 4.79 Å². The van der Waals surface area contributed by atoms with E-state index in [0.29, 0.717) is 13.1 Å². The number of thiophene rings is 1. The Morgan fingerprint density at radius 2 is 2.07 bits per heavy atom. The van der Waals surface area contributed by atoms with Crippen LogP contribution in [0.4, 0.5) is 9.80 Å². The SMILES string of the molecule is C=CC(=C)Nc1sc2c(c1-c1nc3ccccc3s1)CCN(C(=O)OC(C)(C)C)C2. The fraction of sp³-hybridized carbons (Fsp3) is 0.304. The Balaban J connectivity index is 1.73. The van der Waals surface area contributed by atoms with Gasteiger partial charge >= 0.3 is 6.09 Å². The maximum atomic E-state index is 12.6. The van der Waals surface area contributed by atoms with Gasteiger partial charge in [-0.15, -0.1) is 22.7 Å². The number of fused-ring (bicyclic) bond motifs is 2. The second kappa shape index (κ2) is 7.89. The van der Waals surface area contributed by atoms with Crippen LogP contribution in [0.25, 0.3) is 20.8 Å². The number of ether oxygens (including phenoxy) is 1. The molecule has 0 unspecified atom stereocenters. The molecule has 2 aromatic heterocycles. The predicted molar refractivity (Wildman–Crippen MR) is 126 cm³/mol. The Morgan fingerprint density at radius 3 is 2.77 bits per heavy atom. The fourth-order valence-electron chi connectivity index (χ4n) is 3.38. The molecule has 1 aliphatic rings. The molecule has 1 aromatic carbocycles. The highest BCUT2D eigenvalue weighted by Crippen LogP contribution is 2.46. The van der Waals surface area contributed by atoms with Crippen molar-refractivity contribution < 1.29 is 9.53 Å². The number of nitrogens with one attached hydrogen (secondary N) is 1. The molecule has 30 heavy (non-hydrogen) atoms. The molecule has 1 aliphatic heterocycles. The van der Waals surface area contributed by atoms with E-state index in [4.69, 9.17) is 9.72 Å². The van der Waals surface area contributed by atoms with Crippen LogP contribution in [0, 0.1) is 0 Å². The van der Waals surface area contributed by atoms with Crippen LogP contribution in [0.3, 0.4) is 0 Å². The van der Waals surface area contributed by atoms with Crippen LogP contribution < -0.4 is 5.32 Å². The van der Waals surface area contributed by atoms with E-state index in [-0.39, 0.29) is 6.09 Å². The smallest absolute Gasteiger partial charge is 0.410 e. The normalized spacial score (nSPS) is 13.8. The lowest BCUT2D eigenvalue weighted by atomic mass is 10.0.